The predicted molar refractivity (Wildman–Crippen MR) is 130 cm³/mol. The van der Waals surface area contributed by atoms with Gasteiger partial charge >= 0.3 is 12.2 Å². The van der Waals surface area contributed by atoms with Crippen molar-refractivity contribution in [1.82, 2.24) is 14.4 Å². The van der Waals surface area contributed by atoms with Crippen LogP contribution < -0.4 is 5.32 Å². The molecule has 3 amide bonds. The lowest BCUT2D eigenvalue weighted by Gasteiger charge is -2.36. The number of halogens is 3. The molecule has 1 aliphatic rings. The van der Waals surface area contributed by atoms with E-state index in [2.05, 4.69) is 5.32 Å². The first kappa shape index (κ1) is 26.6. The molecule has 0 bridgehead atoms. The Hall–Kier alpha value is -2.97. The third-order valence-electron chi connectivity index (χ3n) is 6.37. The summed E-state index contributed by atoms with van der Waals surface area (Å²) >= 11 is 0. The number of alkyl halides is 3. The Balaban J connectivity index is 1.79. The fourth-order valence-electron chi connectivity index (χ4n) is 4.53. The lowest BCUT2D eigenvalue weighted by molar-refractivity contribution is -0.137. The molecule has 0 saturated heterocycles. The highest BCUT2D eigenvalue weighted by Gasteiger charge is 2.32. The lowest BCUT2D eigenvalue weighted by Crippen LogP contribution is -2.50. The summed E-state index contributed by atoms with van der Waals surface area (Å²) in [5, 5.41) is 2.60. The monoisotopic (exact) mass is 492 g/mol. The lowest BCUT2D eigenvalue weighted by atomic mass is 9.94. The second-order valence-corrected chi connectivity index (χ2v) is 9.71. The molecule has 0 spiro atoms. The second-order valence-electron chi connectivity index (χ2n) is 9.71. The van der Waals surface area contributed by atoms with E-state index < -0.39 is 17.8 Å². The van der Waals surface area contributed by atoms with Gasteiger partial charge in [0.2, 0.25) is 5.91 Å². The summed E-state index contributed by atoms with van der Waals surface area (Å²) in [6.45, 7) is 4.91. The van der Waals surface area contributed by atoms with Crippen molar-refractivity contribution >= 4 is 17.6 Å². The largest absolute Gasteiger partial charge is 0.416 e. The molecule has 3 rings (SSSR count). The zero-order chi connectivity index (χ0) is 25.6. The second kappa shape index (κ2) is 11.6. The number of aryl methyl sites for hydroxylation is 1. The van der Waals surface area contributed by atoms with Crippen LogP contribution in [0.4, 0.5) is 23.7 Å². The first-order valence-corrected chi connectivity index (χ1v) is 12.2. The van der Waals surface area contributed by atoms with Crippen LogP contribution >= 0.6 is 0 Å². The van der Waals surface area contributed by atoms with E-state index in [0.29, 0.717) is 13.1 Å². The van der Waals surface area contributed by atoms with Crippen molar-refractivity contribution in [2.45, 2.75) is 64.7 Å². The number of carbonyl (C=O) groups is 2. The number of hydrogen-bond donors (Lipinski definition) is 1. The first-order valence-electron chi connectivity index (χ1n) is 12.2. The summed E-state index contributed by atoms with van der Waals surface area (Å²) in [5.74, 6) is 0.0611. The number of aromatic nitrogens is 1. The Bertz CT molecular complexity index is 996. The number of hydrogen-bond acceptors (Lipinski definition) is 2. The molecule has 1 heterocycles. The van der Waals surface area contributed by atoms with E-state index in [1.54, 1.807) is 4.90 Å². The Morgan fingerprint density at radius 3 is 2.43 bits per heavy atom. The van der Waals surface area contributed by atoms with Crippen molar-refractivity contribution in [1.29, 1.82) is 0 Å². The number of carbonyl (C=O) groups excluding carboxylic acids is 2. The van der Waals surface area contributed by atoms with Crippen LogP contribution in [-0.4, -0.2) is 45.4 Å². The summed E-state index contributed by atoms with van der Waals surface area (Å²) in [6.07, 6.45) is 1.92. The maximum atomic E-state index is 13.5. The topological polar surface area (TPSA) is 57.6 Å². The van der Waals surface area contributed by atoms with Crippen molar-refractivity contribution in [3.8, 4) is 0 Å². The van der Waals surface area contributed by atoms with Crippen molar-refractivity contribution in [2.24, 2.45) is 13.0 Å². The Kier molecular flexibility index (Phi) is 8.86. The van der Waals surface area contributed by atoms with Crippen LogP contribution in [0.15, 0.2) is 42.6 Å². The summed E-state index contributed by atoms with van der Waals surface area (Å²) in [5.41, 5.74) is 0.207. The predicted octanol–water partition coefficient (Wildman–Crippen LogP) is 5.90. The molecule has 0 aliphatic heterocycles. The number of nitrogens with one attached hydrogen (secondary N) is 1. The van der Waals surface area contributed by atoms with E-state index in [0.717, 1.165) is 49.9 Å². The van der Waals surface area contributed by atoms with Gasteiger partial charge in [-0.25, -0.2) is 4.79 Å². The van der Waals surface area contributed by atoms with Crippen LogP contribution in [0.1, 0.15) is 57.2 Å². The van der Waals surface area contributed by atoms with Gasteiger partial charge in [0.05, 0.1) is 12.1 Å². The van der Waals surface area contributed by atoms with Crippen molar-refractivity contribution in [2.75, 3.05) is 18.4 Å². The SMILES string of the molecule is CC(C)CN(Cc1cccn1C)C(=O)CN(C(=O)Nc1cccc(C(F)(F)F)c1)C1CCCCC1. The molecule has 2 aromatic rings. The molecule has 0 radical (unpaired) electrons. The standard InChI is InChI=1S/C26H35F3N4O2/c1-19(2)16-32(17-23-13-8-14-31(23)3)24(34)18-33(22-11-5-4-6-12-22)25(35)30-21-10-7-9-20(15-21)26(27,28)29/h7-10,13-15,19,22H,4-6,11-12,16-18H2,1-3H3,(H,30,35). The Labute approximate surface area is 205 Å². The molecular formula is C26H35F3N4O2. The number of urea groups is 1. The molecule has 1 aromatic carbocycles. The maximum absolute atomic E-state index is 13.5. The number of amides is 3. The Morgan fingerprint density at radius 1 is 1.11 bits per heavy atom. The molecule has 35 heavy (non-hydrogen) atoms. The van der Waals surface area contributed by atoms with Gasteiger partial charge in [-0.15, -0.1) is 0 Å². The normalized spacial score (nSPS) is 14.7. The molecule has 1 N–H and O–H groups in total. The first-order chi connectivity index (χ1) is 16.5. The minimum Gasteiger partial charge on any atom is -0.353 e. The molecule has 1 aromatic heterocycles. The van der Waals surface area contributed by atoms with E-state index in [4.69, 9.17) is 0 Å². The number of rotatable bonds is 8. The van der Waals surface area contributed by atoms with Gasteiger partial charge in [-0.3, -0.25) is 4.79 Å². The van der Waals surface area contributed by atoms with Gasteiger partial charge in [0.25, 0.3) is 0 Å². The van der Waals surface area contributed by atoms with E-state index in [-0.39, 0.29) is 30.1 Å². The van der Waals surface area contributed by atoms with E-state index in [9.17, 15) is 22.8 Å². The van der Waals surface area contributed by atoms with Crippen LogP contribution in [0.2, 0.25) is 0 Å². The number of anilines is 1. The molecule has 1 aliphatic carbocycles. The van der Waals surface area contributed by atoms with E-state index in [1.165, 1.54) is 17.0 Å². The highest BCUT2D eigenvalue weighted by atomic mass is 19.4. The van der Waals surface area contributed by atoms with Crippen molar-refractivity contribution in [3.05, 3.63) is 53.9 Å². The number of nitrogens with zero attached hydrogens (tertiary/aromatic N) is 3. The summed E-state index contributed by atoms with van der Waals surface area (Å²) in [4.78, 5) is 30.0. The highest BCUT2D eigenvalue weighted by Crippen LogP contribution is 2.31. The van der Waals surface area contributed by atoms with Crippen LogP contribution in [0.25, 0.3) is 0 Å². The third-order valence-corrected chi connectivity index (χ3v) is 6.37. The van der Waals surface area contributed by atoms with Gasteiger partial charge in [0.1, 0.15) is 6.54 Å². The highest BCUT2D eigenvalue weighted by molar-refractivity contribution is 5.92. The minimum absolute atomic E-state index is 0.0564. The zero-order valence-electron chi connectivity index (χ0n) is 20.6. The van der Waals surface area contributed by atoms with E-state index in [1.807, 2.05) is 43.8 Å². The molecule has 1 saturated carbocycles. The number of benzene rings is 1. The Morgan fingerprint density at radius 2 is 1.83 bits per heavy atom. The minimum atomic E-state index is -4.51. The van der Waals surface area contributed by atoms with Crippen LogP contribution in [-0.2, 0) is 24.6 Å². The van der Waals surface area contributed by atoms with Gasteiger partial charge in [0, 0.05) is 37.2 Å². The van der Waals surface area contributed by atoms with Gasteiger partial charge in [0.15, 0.2) is 0 Å². The summed E-state index contributed by atoms with van der Waals surface area (Å²) < 4.78 is 41.3. The van der Waals surface area contributed by atoms with Gasteiger partial charge in [-0.05, 0) is 49.1 Å². The van der Waals surface area contributed by atoms with Crippen molar-refractivity contribution in [3.63, 3.8) is 0 Å². The maximum Gasteiger partial charge on any atom is 0.416 e. The van der Waals surface area contributed by atoms with Gasteiger partial charge < -0.3 is 19.7 Å². The molecule has 6 nitrogen and oxygen atoms in total. The molecular weight excluding hydrogens is 457 g/mol. The van der Waals surface area contributed by atoms with Gasteiger partial charge in [-0.2, -0.15) is 13.2 Å². The molecule has 0 unspecified atom stereocenters. The summed E-state index contributed by atoms with van der Waals surface area (Å²) in [7, 11) is 1.92. The van der Waals surface area contributed by atoms with E-state index >= 15 is 0 Å². The van der Waals surface area contributed by atoms with Crippen LogP contribution in [0.5, 0.6) is 0 Å². The van der Waals surface area contributed by atoms with Crippen LogP contribution in [0.3, 0.4) is 0 Å². The quantitative estimate of drug-likeness (QED) is 0.499. The average Bonchev–Trinajstić information content (AvgIpc) is 3.21. The third kappa shape index (κ3) is 7.50. The molecule has 9 heteroatoms. The fourth-order valence-corrected chi connectivity index (χ4v) is 4.53. The van der Waals surface area contributed by atoms with Crippen LogP contribution in [0, 0.1) is 5.92 Å². The average molecular weight is 493 g/mol. The molecule has 0 atom stereocenters. The van der Waals surface area contributed by atoms with Gasteiger partial charge in [-0.1, -0.05) is 39.2 Å². The molecule has 1 fully saturated rings. The van der Waals surface area contributed by atoms with Crippen molar-refractivity contribution < 1.29 is 22.8 Å². The summed E-state index contributed by atoms with van der Waals surface area (Å²) in [6, 6.07) is 7.77. The fraction of sp³-hybridized carbons (Fsp3) is 0.538. The smallest absolute Gasteiger partial charge is 0.353 e. The zero-order valence-corrected chi connectivity index (χ0v) is 20.6. The molecule has 192 valence electrons.